The van der Waals surface area contributed by atoms with Gasteiger partial charge in [0.15, 0.2) is 0 Å². The average molecular weight is 402 g/mol. The number of halogens is 1. The molecule has 3 heterocycles. The number of likely N-dealkylation sites (tertiary alicyclic amines) is 2. The second-order valence-corrected chi connectivity index (χ2v) is 8.58. The van der Waals surface area contributed by atoms with Crippen molar-refractivity contribution in [3.8, 4) is 0 Å². The monoisotopic (exact) mass is 401 g/mol. The molecule has 2 amide bonds. The number of carbonyl (C=O) groups excluding carboxylic acids is 2. The van der Waals surface area contributed by atoms with Crippen LogP contribution in [0.5, 0.6) is 0 Å². The highest BCUT2D eigenvalue weighted by Crippen LogP contribution is 2.30. The van der Waals surface area contributed by atoms with E-state index in [0.29, 0.717) is 15.9 Å². The number of amides is 2. The lowest BCUT2D eigenvalue weighted by Gasteiger charge is -2.23. The Kier molecular flexibility index (Phi) is 5.46. The lowest BCUT2D eigenvalue weighted by Crippen LogP contribution is -2.37. The van der Waals surface area contributed by atoms with Gasteiger partial charge in [-0.3, -0.25) is 14.5 Å². The van der Waals surface area contributed by atoms with Crippen LogP contribution in [0.15, 0.2) is 30.3 Å². The minimum Gasteiger partial charge on any atom is -0.336 e. The fourth-order valence-corrected chi connectivity index (χ4v) is 5.08. The molecule has 7 heteroatoms. The van der Waals surface area contributed by atoms with E-state index in [9.17, 15) is 14.0 Å². The number of carbonyl (C=O) groups is 2. The van der Waals surface area contributed by atoms with Gasteiger partial charge in [-0.25, -0.2) is 4.39 Å². The minimum atomic E-state index is -0.451. The summed E-state index contributed by atoms with van der Waals surface area (Å²) in [6.07, 6.45) is 3.53. The maximum Gasteiger partial charge on any atom is 0.264 e. The van der Waals surface area contributed by atoms with E-state index in [0.717, 1.165) is 38.2 Å². The zero-order valence-electron chi connectivity index (χ0n) is 15.9. The van der Waals surface area contributed by atoms with Crippen molar-refractivity contribution in [3.05, 3.63) is 52.2 Å². The van der Waals surface area contributed by atoms with Crippen LogP contribution in [0, 0.1) is 12.7 Å². The highest BCUT2D eigenvalue weighted by atomic mass is 32.1. The summed E-state index contributed by atoms with van der Waals surface area (Å²) in [7, 11) is 0. The largest absolute Gasteiger partial charge is 0.336 e. The SMILES string of the molecule is Cc1cc(NC(=O)c2cccc(F)c2)sc1C(=O)N1CCC(N2CCCC2)C1. The molecule has 1 unspecified atom stereocenters. The zero-order chi connectivity index (χ0) is 19.7. The van der Waals surface area contributed by atoms with Gasteiger partial charge in [0.05, 0.1) is 9.88 Å². The number of aryl methyl sites for hydroxylation is 1. The highest BCUT2D eigenvalue weighted by molar-refractivity contribution is 7.18. The minimum absolute atomic E-state index is 0.0375. The summed E-state index contributed by atoms with van der Waals surface area (Å²) in [6, 6.07) is 7.84. The van der Waals surface area contributed by atoms with Gasteiger partial charge in [0, 0.05) is 24.7 Å². The van der Waals surface area contributed by atoms with Crippen LogP contribution in [-0.2, 0) is 0 Å². The molecular formula is C21H24FN3O2S. The van der Waals surface area contributed by atoms with Crippen LogP contribution in [0.25, 0.3) is 0 Å². The fourth-order valence-electron chi connectivity index (χ4n) is 4.04. The summed E-state index contributed by atoms with van der Waals surface area (Å²) in [5, 5.41) is 3.38. The van der Waals surface area contributed by atoms with E-state index in [1.165, 1.54) is 42.4 Å². The number of hydrogen-bond acceptors (Lipinski definition) is 4. The first-order valence-corrected chi connectivity index (χ1v) is 10.5. The molecular weight excluding hydrogens is 377 g/mol. The molecule has 1 atom stereocenters. The molecule has 1 aromatic carbocycles. The number of nitrogens with one attached hydrogen (secondary N) is 1. The molecule has 4 rings (SSSR count). The number of hydrogen-bond donors (Lipinski definition) is 1. The van der Waals surface area contributed by atoms with Crippen molar-refractivity contribution in [2.45, 2.75) is 32.2 Å². The van der Waals surface area contributed by atoms with E-state index in [4.69, 9.17) is 0 Å². The van der Waals surface area contributed by atoms with Crippen LogP contribution in [0.4, 0.5) is 9.39 Å². The third kappa shape index (κ3) is 3.95. The van der Waals surface area contributed by atoms with Crippen LogP contribution >= 0.6 is 11.3 Å². The van der Waals surface area contributed by atoms with Gasteiger partial charge >= 0.3 is 0 Å². The van der Waals surface area contributed by atoms with E-state index in [-0.39, 0.29) is 17.4 Å². The van der Waals surface area contributed by atoms with E-state index < -0.39 is 5.82 Å². The Hall–Kier alpha value is -2.25. The smallest absolute Gasteiger partial charge is 0.264 e. The van der Waals surface area contributed by atoms with Crippen molar-refractivity contribution in [1.29, 1.82) is 0 Å². The summed E-state index contributed by atoms with van der Waals surface area (Å²) in [6.45, 7) is 5.72. The Balaban J connectivity index is 1.42. The molecule has 2 aliphatic rings. The molecule has 5 nitrogen and oxygen atoms in total. The topological polar surface area (TPSA) is 52.7 Å². The van der Waals surface area contributed by atoms with E-state index >= 15 is 0 Å². The summed E-state index contributed by atoms with van der Waals surface area (Å²) in [4.78, 5) is 30.4. The predicted molar refractivity (Wildman–Crippen MR) is 109 cm³/mol. The Morgan fingerprint density at radius 2 is 1.96 bits per heavy atom. The normalized spacial score (nSPS) is 19.9. The number of rotatable bonds is 4. The Bertz CT molecular complexity index is 892. The van der Waals surface area contributed by atoms with Crippen molar-refractivity contribution in [2.75, 3.05) is 31.5 Å². The molecule has 0 bridgehead atoms. The summed E-state index contributed by atoms with van der Waals surface area (Å²) in [5.74, 6) is -0.794. The average Bonchev–Trinajstić information content (AvgIpc) is 3.42. The molecule has 2 aromatic rings. The number of thiophene rings is 1. The molecule has 0 radical (unpaired) electrons. The molecule has 0 saturated carbocycles. The molecule has 148 valence electrons. The first kappa shape index (κ1) is 19.1. The summed E-state index contributed by atoms with van der Waals surface area (Å²) in [5.41, 5.74) is 1.11. The van der Waals surface area contributed by atoms with E-state index in [1.54, 1.807) is 6.07 Å². The molecule has 1 aromatic heterocycles. The van der Waals surface area contributed by atoms with Crippen molar-refractivity contribution in [1.82, 2.24) is 9.80 Å². The zero-order valence-corrected chi connectivity index (χ0v) is 16.7. The third-order valence-electron chi connectivity index (χ3n) is 5.54. The second kappa shape index (κ2) is 8.01. The van der Waals surface area contributed by atoms with Crippen LogP contribution < -0.4 is 5.32 Å². The molecule has 2 aliphatic heterocycles. The van der Waals surface area contributed by atoms with E-state index in [1.807, 2.05) is 17.9 Å². The molecule has 1 N–H and O–H groups in total. The molecule has 2 saturated heterocycles. The first-order valence-electron chi connectivity index (χ1n) is 9.72. The van der Waals surface area contributed by atoms with Crippen LogP contribution in [0.2, 0.25) is 0 Å². The lowest BCUT2D eigenvalue weighted by molar-refractivity contribution is 0.0784. The van der Waals surface area contributed by atoms with Gasteiger partial charge in [-0.15, -0.1) is 11.3 Å². The third-order valence-corrected chi connectivity index (χ3v) is 6.68. The Morgan fingerprint density at radius 1 is 1.18 bits per heavy atom. The van der Waals surface area contributed by atoms with Crippen molar-refractivity contribution >= 4 is 28.2 Å². The fraction of sp³-hybridized carbons (Fsp3) is 0.429. The quantitative estimate of drug-likeness (QED) is 0.849. The van der Waals surface area contributed by atoms with Gasteiger partial charge in [-0.2, -0.15) is 0 Å². The molecule has 0 aliphatic carbocycles. The standard InChI is InChI=1S/C21H24FN3O2S/c1-14-11-18(23-20(26)15-5-4-6-16(22)12-15)28-19(14)21(27)25-10-7-17(13-25)24-8-2-3-9-24/h4-6,11-12,17H,2-3,7-10,13H2,1H3,(H,23,26). The molecule has 28 heavy (non-hydrogen) atoms. The highest BCUT2D eigenvalue weighted by Gasteiger charge is 2.33. The van der Waals surface area contributed by atoms with Crippen molar-refractivity contribution in [2.24, 2.45) is 0 Å². The maximum absolute atomic E-state index is 13.3. The summed E-state index contributed by atoms with van der Waals surface area (Å²) >= 11 is 1.28. The molecule has 0 spiro atoms. The van der Waals surface area contributed by atoms with Gasteiger partial charge in [0.25, 0.3) is 11.8 Å². The number of benzene rings is 1. The Labute approximate surface area is 168 Å². The number of anilines is 1. The molecule has 2 fully saturated rings. The second-order valence-electron chi connectivity index (χ2n) is 7.52. The van der Waals surface area contributed by atoms with Gasteiger partial charge in [0.2, 0.25) is 0 Å². The van der Waals surface area contributed by atoms with Crippen molar-refractivity contribution < 1.29 is 14.0 Å². The van der Waals surface area contributed by atoms with Crippen molar-refractivity contribution in [3.63, 3.8) is 0 Å². The Morgan fingerprint density at radius 3 is 2.71 bits per heavy atom. The predicted octanol–water partition coefficient (Wildman–Crippen LogP) is 3.76. The van der Waals surface area contributed by atoms with Crippen LogP contribution in [-0.4, -0.2) is 53.8 Å². The van der Waals surface area contributed by atoms with Crippen LogP contribution in [0.1, 0.15) is 44.9 Å². The number of nitrogens with zero attached hydrogens (tertiary/aromatic N) is 2. The lowest BCUT2D eigenvalue weighted by atomic mass is 10.2. The van der Waals surface area contributed by atoms with Gasteiger partial charge in [-0.1, -0.05) is 6.07 Å². The summed E-state index contributed by atoms with van der Waals surface area (Å²) < 4.78 is 13.3. The maximum atomic E-state index is 13.3. The first-order chi connectivity index (χ1) is 13.5. The van der Waals surface area contributed by atoms with Gasteiger partial charge in [-0.05, 0) is 69.1 Å². The van der Waals surface area contributed by atoms with E-state index in [2.05, 4.69) is 10.2 Å². The van der Waals surface area contributed by atoms with Crippen LogP contribution in [0.3, 0.4) is 0 Å². The van der Waals surface area contributed by atoms with Gasteiger partial charge < -0.3 is 10.2 Å². The van der Waals surface area contributed by atoms with Gasteiger partial charge in [0.1, 0.15) is 5.82 Å².